The van der Waals surface area contributed by atoms with Crippen molar-refractivity contribution in [3.63, 3.8) is 0 Å². The van der Waals surface area contributed by atoms with Crippen LogP contribution in [0.5, 0.6) is 0 Å². The first-order chi connectivity index (χ1) is 10.1. The van der Waals surface area contributed by atoms with Crippen LogP contribution in [0.3, 0.4) is 0 Å². The van der Waals surface area contributed by atoms with Crippen LogP contribution in [0.1, 0.15) is 12.0 Å². The van der Waals surface area contributed by atoms with Crippen LogP contribution < -0.4 is 10.6 Å². The summed E-state index contributed by atoms with van der Waals surface area (Å²) < 4.78 is 0. The lowest BCUT2D eigenvalue weighted by atomic mass is 10.2. The smallest absolute Gasteiger partial charge is 0.226 e. The van der Waals surface area contributed by atoms with E-state index in [4.69, 9.17) is 23.2 Å². The van der Waals surface area contributed by atoms with Crippen LogP contribution in [0, 0.1) is 6.92 Å². The van der Waals surface area contributed by atoms with Crippen molar-refractivity contribution in [1.82, 2.24) is 0 Å². The number of aryl methyl sites for hydroxylation is 1. The highest BCUT2D eigenvalue weighted by Gasteiger charge is 2.05. The molecule has 0 spiro atoms. The van der Waals surface area contributed by atoms with E-state index in [1.54, 1.807) is 6.07 Å². The summed E-state index contributed by atoms with van der Waals surface area (Å²) in [6, 6.07) is 13.0. The van der Waals surface area contributed by atoms with Gasteiger partial charge in [0, 0.05) is 18.7 Å². The zero-order valence-corrected chi connectivity index (χ0v) is 13.1. The Morgan fingerprint density at radius 1 is 1.10 bits per heavy atom. The topological polar surface area (TPSA) is 41.1 Å². The molecule has 0 aliphatic carbocycles. The largest absolute Gasteiger partial charge is 0.383 e. The van der Waals surface area contributed by atoms with E-state index in [2.05, 4.69) is 10.6 Å². The zero-order chi connectivity index (χ0) is 15.2. The SMILES string of the molecule is Cc1ccc(NC(=O)CCNc2cccc(Cl)c2Cl)cc1. The molecule has 3 nitrogen and oxygen atoms in total. The van der Waals surface area contributed by atoms with Crippen LogP contribution in [-0.2, 0) is 4.79 Å². The van der Waals surface area contributed by atoms with Gasteiger partial charge in [-0.2, -0.15) is 0 Å². The molecule has 0 atom stereocenters. The molecule has 0 aromatic heterocycles. The van der Waals surface area contributed by atoms with E-state index in [0.29, 0.717) is 23.0 Å². The Balaban J connectivity index is 1.81. The second-order valence-corrected chi connectivity index (χ2v) is 5.48. The highest BCUT2D eigenvalue weighted by Crippen LogP contribution is 2.29. The highest BCUT2D eigenvalue weighted by atomic mass is 35.5. The lowest BCUT2D eigenvalue weighted by Gasteiger charge is -2.09. The van der Waals surface area contributed by atoms with Gasteiger partial charge in [-0.25, -0.2) is 0 Å². The minimum absolute atomic E-state index is 0.0514. The molecule has 0 aliphatic heterocycles. The van der Waals surface area contributed by atoms with Gasteiger partial charge in [-0.15, -0.1) is 0 Å². The van der Waals surface area contributed by atoms with Crippen LogP contribution in [-0.4, -0.2) is 12.5 Å². The second-order valence-electron chi connectivity index (χ2n) is 4.69. The van der Waals surface area contributed by atoms with Gasteiger partial charge >= 0.3 is 0 Å². The fourth-order valence-electron chi connectivity index (χ4n) is 1.81. The van der Waals surface area contributed by atoms with Gasteiger partial charge in [-0.05, 0) is 31.2 Å². The van der Waals surface area contributed by atoms with Crippen LogP contribution >= 0.6 is 23.2 Å². The Morgan fingerprint density at radius 2 is 1.81 bits per heavy atom. The number of anilines is 2. The quantitative estimate of drug-likeness (QED) is 0.834. The highest BCUT2D eigenvalue weighted by molar-refractivity contribution is 6.43. The van der Waals surface area contributed by atoms with E-state index in [-0.39, 0.29) is 5.91 Å². The van der Waals surface area contributed by atoms with Gasteiger partial charge in [0.2, 0.25) is 5.91 Å². The molecule has 0 fully saturated rings. The van der Waals surface area contributed by atoms with Crippen LogP contribution in [0.4, 0.5) is 11.4 Å². The van der Waals surface area contributed by atoms with E-state index in [1.165, 1.54) is 0 Å². The number of benzene rings is 2. The van der Waals surface area contributed by atoms with Crippen molar-refractivity contribution in [2.75, 3.05) is 17.2 Å². The number of halogens is 2. The Morgan fingerprint density at radius 3 is 2.52 bits per heavy atom. The van der Waals surface area contributed by atoms with Gasteiger partial charge in [0.25, 0.3) is 0 Å². The van der Waals surface area contributed by atoms with Crippen molar-refractivity contribution < 1.29 is 4.79 Å². The van der Waals surface area contributed by atoms with E-state index in [0.717, 1.165) is 16.9 Å². The van der Waals surface area contributed by atoms with Gasteiger partial charge in [0.15, 0.2) is 0 Å². The molecule has 0 bridgehead atoms. The minimum Gasteiger partial charge on any atom is -0.383 e. The van der Waals surface area contributed by atoms with Crippen LogP contribution in [0.25, 0.3) is 0 Å². The minimum atomic E-state index is -0.0514. The third kappa shape index (κ3) is 4.66. The van der Waals surface area contributed by atoms with Crippen molar-refractivity contribution in [2.24, 2.45) is 0 Å². The average molecular weight is 323 g/mol. The van der Waals surface area contributed by atoms with Crippen molar-refractivity contribution in [2.45, 2.75) is 13.3 Å². The standard InChI is InChI=1S/C16H16Cl2N2O/c1-11-5-7-12(8-6-11)20-15(21)9-10-19-14-4-2-3-13(17)16(14)18/h2-8,19H,9-10H2,1H3,(H,20,21). The summed E-state index contributed by atoms with van der Waals surface area (Å²) in [4.78, 5) is 11.8. The molecule has 1 amide bonds. The first-order valence-electron chi connectivity index (χ1n) is 6.60. The van der Waals surface area contributed by atoms with Gasteiger partial charge in [-0.1, -0.05) is 47.0 Å². The third-order valence-corrected chi connectivity index (χ3v) is 3.77. The lowest BCUT2D eigenvalue weighted by Crippen LogP contribution is -2.16. The van der Waals surface area contributed by atoms with Gasteiger partial charge in [-0.3, -0.25) is 4.79 Å². The number of hydrogen-bond acceptors (Lipinski definition) is 2. The predicted octanol–water partition coefficient (Wildman–Crippen LogP) is 4.74. The number of carbonyl (C=O) groups is 1. The van der Waals surface area contributed by atoms with E-state index in [1.807, 2.05) is 43.3 Å². The zero-order valence-electron chi connectivity index (χ0n) is 11.6. The number of carbonyl (C=O) groups excluding carboxylic acids is 1. The molecule has 5 heteroatoms. The summed E-state index contributed by atoms with van der Waals surface area (Å²) in [5, 5.41) is 6.91. The Kier molecular flexibility index (Phi) is 5.48. The molecule has 0 unspecified atom stereocenters. The maximum Gasteiger partial charge on any atom is 0.226 e. The maximum atomic E-state index is 11.8. The molecule has 2 N–H and O–H groups in total. The molecule has 110 valence electrons. The average Bonchev–Trinajstić information content (AvgIpc) is 2.46. The first kappa shape index (κ1) is 15.7. The van der Waals surface area contributed by atoms with Crippen molar-refractivity contribution in [1.29, 1.82) is 0 Å². The lowest BCUT2D eigenvalue weighted by molar-refractivity contribution is -0.115. The van der Waals surface area contributed by atoms with Crippen molar-refractivity contribution in [3.05, 3.63) is 58.1 Å². The molecule has 2 aromatic carbocycles. The monoisotopic (exact) mass is 322 g/mol. The molecule has 2 rings (SSSR count). The maximum absolute atomic E-state index is 11.8. The molecule has 21 heavy (non-hydrogen) atoms. The Labute approximate surface area is 134 Å². The first-order valence-corrected chi connectivity index (χ1v) is 7.36. The number of nitrogens with one attached hydrogen (secondary N) is 2. The molecular formula is C16H16Cl2N2O. The normalized spacial score (nSPS) is 10.2. The Hall–Kier alpha value is -1.71. The molecule has 0 saturated heterocycles. The molecule has 0 radical (unpaired) electrons. The summed E-state index contributed by atoms with van der Waals surface area (Å²) in [5.74, 6) is -0.0514. The number of hydrogen-bond donors (Lipinski definition) is 2. The van der Waals surface area contributed by atoms with Crippen LogP contribution in [0.15, 0.2) is 42.5 Å². The summed E-state index contributed by atoms with van der Waals surface area (Å²) in [6.45, 7) is 2.49. The summed E-state index contributed by atoms with van der Waals surface area (Å²) >= 11 is 12.0. The van der Waals surface area contributed by atoms with Crippen LogP contribution in [0.2, 0.25) is 10.0 Å². The second kappa shape index (κ2) is 7.34. The molecule has 0 heterocycles. The summed E-state index contributed by atoms with van der Waals surface area (Å²) in [7, 11) is 0. The van der Waals surface area contributed by atoms with E-state index < -0.39 is 0 Å². The van der Waals surface area contributed by atoms with Gasteiger partial charge in [0.05, 0.1) is 15.7 Å². The van der Waals surface area contributed by atoms with Crippen molar-refractivity contribution >= 4 is 40.5 Å². The van der Waals surface area contributed by atoms with E-state index in [9.17, 15) is 4.79 Å². The van der Waals surface area contributed by atoms with E-state index >= 15 is 0 Å². The molecule has 0 aliphatic rings. The fourth-order valence-corrected chi connectivity index (χ4v) is 2.18. The molecule has 0 saturated carbocycles. The summed E-state index contributed by atoms with van der Waals surface area (Å²) in [6.07, 6.45) is 0.344. The van der Waals surface area contributed by atoms with Crippen molar-refractivity contribution in [3.8, 4) is 0 Å². The predicted molar refractivity (Wildman–Crippen MR) is 89.4 cm³/mol. The summed E-state index contributed by atoms with van der Waals surface area (Å²) in [5.41, 5.74) is 2.68. The fraction of sp³-hybridized carbons (Fsp3) is 0.188. The molecule has 2 aromatic rings. The Bertz CT molecular complexity index is 627. The molecular weight excluding hydrogens is 307 g/mol. The number of rotatable bonds is 5. The van der Waals surface area contributed by atoms with Gasteiger partial charge < -0.3 is 10.6 Å². The third-order valence-electron chi connectivity index (χ3n) is 2.95. The number of amides is 1. The van der Waals surface area contributed by atoms with Gasteiger partial charge in [0.1, 0.15) is 0 Å².